The number of hydrogen-bond acceptors (Lipinski definition) is 3. The SMILES string of the molecule is NCC(N)CCCc1ccccn1. The number of rotatable bonds is 5. The van der Waals surface area contributed by atoms with E-state index < -0.39 is 0 Å². The van der Waals surface area contributed by atoms with Gasteiger partial charge in [-0.15, -0.1) is 0 Å². The van der Waals surface area contributed by atoms with Crippen LogP contribution in [-0.4, -0.2) is 17.6 Å². The quantitative estimate of drug-likeness (QED) is 0.699. The Kier molecular flexibility index (Phi) is 4.43. The van der Waals surface area contributed by atoms with Gasteiger partial charge in [0.05, 0.1) is 0 Å². The Morgan fingerprint density at radius 3 is 2.85 bits per heavy atom. The number of aromatic nitrogens is 1. The molecule has 0 fully saturated rings. The average molecular weight is 179 g/mol. The van der Waals surface area contributed by atoms with Crippen LogP contribution in [-0.2, 0) is 6.42 Å². The molecule has 0 saturated heterocycles. The van der Waals surface area contributed by atoms with Crippen molar-refractivity contribution in [3.05, 3.63) is 30.1 Å². The topological polar surface area (TPSA) is 64.9 Å². The van der Waals surface area contributed by atoms with Gasteiger partial charge in [0.15, 0.2) is 0 Å². The Balaban J connectivity index is 2.20. The van der Waals surface area contributed by atoms with Gasteiger partial charge in [-0.3, -0.25) is 4.98 Å². The minimum atomic E-state index is 0.142. The van der Waals surface area contributed by atoms with E-state index in [1.165, 1.54) is 0 Å². The molecule has 0 radical (unpaired) electrons. The maximum atomic E-state index is 5.69. The summed E-state index contributed by atoms with van der Waals surface area (Å²) < 4.78 is 0. The number of hydrogen-bond donors (Lipinski definition) is 2. The average Bonchev–Trinajstić information content (AvgIpc) is 2.19. The Bertz CT molecular complexity index is 223. The second-order valence-electron chi connectivity index (χ2n) is 3.21. The summed E-state index contributed by atoms with van der Waals surface area (Å²) in [7, 11) is 0. The fourth-order valence-electron chi connectivity index (χ4n) is 1.21. The molecule has 0 saturated carbocycles. The van der Waals surface area contributed by atoms with Crippen molar-refractivity contribution in [3.8, 4) is 0 Å². The van der Waals surface area contributed by atoms with Crippen LogP contribution in [0.2, 0.25) is 0 Å². The Labute approximate surface area is 79.2 Å². The third-order valence-corrected chi connectivity index (χ3v) is 2.04. The fourth-order valence-corrected chi connectivity index (χ4v) is 1.21. The molecule has 4 N–H and O–H groups in total. The maximum Gasteiger partial charge on any atom is 0.0403 e. The second kappa shape index (κ2) is 5.67. The summed E-state index contributed by atoms with van der Waals surface area (Å²) in [6, 6.07) is 6.11. The summed E-state index contributed by atoms with van der Waals surface area (Å²) in [5.74, 6) is 0. The number of pyridine rings is 1. The predicted molar refractivity (Wildman–Crippen MR) is 54.2 cm³/mol. The Morgan fingerprint density at radius 1 is 1.38 bits per heavy atom. The first-order valence-corrected chi connectivity index (χ1v) is 4.68. The maximum absolute atomic E-state index is 5.69. The van der Waals surface area contributed by atoms with Crippen molar-refractivity contribution in [1.82, 2.24) is 4.98 Å². The van der Waals surface area contributed by atoms with Gasteiger partial charge in [-0.05, 0) is 31.4 Å². The van der Waals surface area contributed by atoms with Crippen LogP contribution < -0.4 is 11.5 Å². The second-order valence-corrected chi connectivity index (χ2v) is 3.21. The van der Waals surface area contributed by atoms with E-state index in [9.17, 15) is 0 Å². The van der Waals surface area contributed by atoms with E-state index >= 15 is 0 Å². The third kappa shape index (κ3) is 4.01. The molecule has 13 heavy (non-hydrogen) atoms. The van der Waals surface area contributed by atoms with Gasteiger partial charge in [0.2, 0.25) is 0 Å². The van der Waals surface area contributed by atoms with Gasteiger partial charge < -0.3 is 11.5 Å². The van der Waals surface area contributed by atoms with Crippen LogP contribution in [0.5, 0.6) is 0 Å². The molecular formula is C10H17N3. The summed E-state index contributed by atoms with van der Waals surface area (Å²) in [4.78, 5) is 4.23. The molecular weight excluding hydrogens is 162 g/mol. The lowest BCUT2D eigenvalue weighted by molar-refractivity contribution is 0.587. The molecule has 1 unspecified atom stereocenters. The van der Waals surface area contributed by atoms with E-state index in [4.69, 9.17) is 11.5 Å². The van der Waals surface area contributed by atoms with E-state index in [2.05, 4.69) is 4.98 Å². The van der Waals surface area contributed by atoms with Crippen molar-refractivity contribution in [2.45, 2.75) is 25.3 Å². The molecule has 3 nitrogen and oxygen atoms in total. The van der Waals surface area contributed by atoms with E-state index in [1.807, 2.05) is 24.4 Å². The summed E-state index contributed by atoms with van der Waals surface area (Å²) in [5, 5.41) is 0. The minimum Gasteiger partial charge on any atom is -0.329 e. The summed E-state index contributed by atoms with van der Waals surface area (Å²) in [5.41, 5.74) is 12.2. The van der Waals surface area contributed by atoms with Crippen molar-refractivity contribution < 1.29 is 0 Å². The largest absolute Gasteiger partial charge is 0.329 e. The van der Waals surface area contributed by atoms with Gasteiger partial charge >= 0.3 is 0 Å². The molecule has 0 bridgehead atoms. The van der Waals surface area contributed by atoms with E-state index in [-0.39, 0.29) is 6.04 Å². The van der Waals surface area contributed by atoms with Crippen LogP contribution in [0.3, 0.4) is 0 Å². The monoisotopic (exact) mass is 179 g/mol. The molecule has 0 spiro atoms. The molecule has 1 rings (SSSR count). The zero-order valence-electron chi connectivity index (χ0n) is 7.82. The van der Waals surface area contributed by atoms with Gasteiger partial charge in [-0.1, -0.05) is 6.07 Å². The van der Waals surface area contributed by atoms with Gasteiger partial charge in [0.25, 0.3) is 0 Å². The van der Waals surface area contributed by atoms with E-state index in [0.717, 1.165) is 25.0 Å². The molecule has 72 valence electrons. The lowest BCUT2D eigenvalue weighted by Gasteiger charge is -2.07. The first-order valence-electron chi connectivity index (χ1n) is 4.68. The lowest BCUT2D eigenvalue weighted by Crippen LogP contribution is -2.29. The first-order chi connectivity index (χ1) is 6.33. The number of nitrogens with two attached hydrogens (primary N) is 2. The van der Waals surface area contributed by atoms with Crippen LogP contribution in [0.1, 0.15) is 18.5 Å². The predicted octanol–water partition coefficient (Wildman–Crippen LogP) is 0.690. The van der Waals surface area contributed by atoms with Gasteiger partial charge in [-0.25, -0.2) is 0 Å². The van der Waals surface area contributed by atoms with Gasteiger partial charge in [0.1, 0.15) is 0 Å². The van der Waals surface area contributed by atoms with Crippen LogP contribution in [0.15, 0.2) is 24.4 Å². The summed E-state index contributed by atoms with van der Waals surface area (Å²) in [6.45, 7) is 0.572. The van der Waals surface area contributed by atoms with Crippen molar-refractivity contribution in [2.24, 2.45) is 11.5 Å². The molecule has 1 aromatic rings. The van der Waals surface area contributed by atoms with Crippen LogP contribution in [0.25, 0.3) is 0 Å². The van der Waals surface area contributed by atoms with Crippen LogP contribution in [0.4, 0.5) is 0 Å². The van der Waals surface area contributed by atoms with Crippen molar-refractivity contribution in [3.63, 3.8) is 0 Å². The standard InChI is InChI=1S/C10H17N3/c11-8-9(12)4-3-6-10-5-1-2-7-13-10/h1-2,5,7,9H,3-4,6,8,11-12H2. The highest BCUT2D eigenvalue weighted by molar-refractivity contribution is 5.03. The van der Waals surface area contributed by atoms with Crippen molar-refractivity contribution >= 4 is 0 Å². The zero-order chi connectivity index (χ0) is 9.52. The van der Waals surface area contributed by atoms with E-state index in [0.29, 0.717) is 6.54 Å². The van der Waals surface area contributed by atoms with Gasteiger partial charge in [-0.2, -0.15) is 0 Å². The number of nitrogens with zero attached hydrogens (tertiary/aromatic N) is 1. The van der Waals surface area contributed by atoms with Crippen LogP contribution >= 0.6 is 0 Å². The summed E-state index contributed by atoms with van der Waals surface area (Å²) >= 11 is 0. The molecule has 3 heteroatoms. The molecule has 0 aromatic carbocycles. The normalized spacial score (nSPS) is 12.8. The Hall–Kier alpha value is -0.930. The van der Waals surface area contributed by atoms with Crippen LogP contribution in [0, 0.1) is 0 Å². The van der Waals surface area contributed by atoms with Crippen molar-refractivity contribution in [1.29, 1.82) is 0 Å². The van der Waals surface area contributed by atoms with Gasteiger partial charge in [0, 0.05) is 24.5 Å². The third-order valence-electron chi connectivity index (χ3n) is 2.04. The molecule has 1 aromatic heterocycles. The van der Waals surface area contributed by atoms with Crippen molar-refractivity contribution in [2.75, 3.05) is 6.54 Å². The first kappa shape index (κ1) is 10.2. The highest BCUT2D eigenvalue weighted by Gasteiger charge is 1.99. The fraction of sp³-hybridized carbons (Fsp3) is 0.500. The highest BCUT2D eigenvalue weighted by Crippen LogP contribution is 2.02. The zero-order valence-corrected chi connectivity index (χ0v) is 7.82. The van der Waals surface area contributed by atoms with E-state index in [1.54, 1.807) is 0 Å². The summed E-state index contributed by atoms with van der Waals surface area (Å²) in [6.07, 6.45) is 4.86. The minimum absolute atomic E-state index is 0.142. The lowest BCUT2D eigenvalue weighted by atomic mass is 10.1. The highest BCUT2D eigenvalue weighted by atomic mass is 14.7. The molecule has 0 aliphatic rings. The Morgan fingerprint density at radius 2 is 2.23 bits per heavy atom. The molecule has 0 amide bonds. The molecule has 1 heterocycles. The smallest absolute Gasteiger partial charge is 0.0403 e. The molecule has 0 aliphatic heterocycles. The molecule has 0 aliphatic carbocycles. The number of aryl methyl sites for hydroxylation is 1. The molecule has 1 atom stereocenters.